The number of hydrogen-bond acceptors (Lipinski definition) is 5. The lowest BCUT2D eigenvalue weighted by Crippen LogP contribution is -2.42. The molecule has 23 heavy (non-hydrogen) atoms. The van der Waals surface area contributed by atoms with Gasteiger partial charge in [-0.15, -0.1) is 0 Å². The smallest absolute Gasteiger partial charge is 0.328 e. The summed E-state index contributed by atoms with van der Waals surface area (Å²) in [6.45, 7) is 3.96. The number of aromatic nitrogens is 3. The Kier molecular flexibility index (Phi) is 5.46. The average Bonchev–Trinajstić information content (AvgIpc) is 3.07. The Morgan fingerprint density at radius 3 is 2.48 bits per heavy atom. The predicted octanol–water partition coefficient (Wildman–Crippen LogP) is 1.58. The molecule has 1 N–H and O–H groups in total. The van der Waals surface area contributed by atoms with Gasteiger partial charge < -0.3 is 10.1 Å². The number of carbonyl (C=O) groups is 2. The van der Waals surface area contributed by atoms with Crippen LogP contribution in [0.25, 0.3) is 5.69 Å². The molecule has 0 aliphatic carbocycles. The van der Waals surface area contributed by atoms with Gasteiger partial charge in [-0.3, -0.25) is 4.79 Å². The molecule has 0 spiro atoms. The minimum atomic E-state index is -0.650. The summed E-state index contributed by atoms with van der Waals surface area (Å²) in [6.07, 6.45) is 3.54. The van der Waals surface area contributed by atoms with Crippen molar-refractivity contribution < 1.29 is 14.3 Å². The van der Waals surface area contributed by atoms with Crippen LogP contribution in [-0.4, -0.2) is 39.8 Å². The third kappa shape index (κ3) is 4.38. The topological polar surface area (TPSA) is 86.1 Å². The zero-order chi connectivity index (χ0) is 16.8. The van der Waals surface area contributed by atoms with Crippen molar-refractivity contribution in [2.24, 2.45) is 5.92 Å². The highest BCUT2D eigenvalue weighted by atomic mass is 16.5. The molecule has 0 radical (unpaired) electrons. The van der Waals surface area contributed by atoms with Crippen LogP contribution < -0.4 is 5.32 Å². The van der Waals surface area contributed by atoms with Crippen molar-refractivity contribution >= 4 is 11.9 Å². The number of nitrogens with zero attached hydrogens (tertiary/aromatic N) is 3. The number of rotatable bonds is 6. The second-order valence-corrected chi connectivity index (χ2v) is 5.57. The minimum Gasteiger partial charge on any atom is -0.467 e. The number of benzene rings is 1. The molecule has 1 aromatic heterocycles. The fourth-order valence-corrected chi connectivity index (χ4v) is 2.18. The molecule has 0 aliphatic heterocycles. The van der Waals surface area contributed by atoms with Gasteiger partial charge in [0, 0.05) is 5.56 Å². The van der Waals surface area contributed by atoms with Crippen molar-refractivity contribution in [3.63, 3.8) is 0 Å². The molecule has 122 valence electrons. The van der Waals surface area contributed by atoms with Crippen molar-refractivity contribution in [3.8, 4) is 5.69 Å². The summed E-state index contributed by atoms with van der Waals surface area (Å²) in [6, 6.07) is 6.23. The summed E-state index contributed by atoms with van der Waals surface area (Å²) in [7, 11) is 1.31. The Labute approximate surface area is 134 Å². The first kappa shape index (κ1) is 16.7. The SMILES string of the molecule is COC(=O)C(CC(C)C)NC(=O)c1ccc(-n2cncn2)cc1. The number of amides is 1. The van der Waals surface area contributed by atoms with E-state index in [0.29, 0.717) is 12.0 Å². The third-order valence-corrected chi connectivity index (χ3v) is 3.31. The van der Waals surface area contributed by atoms with Crippen molar-refractivity contribution in [2.75, 3.05) is 7.11 Å². The number of hydrogen-bond donors (Lipinski definition) is 1. The first-order valence-corrected chi connectivity index (χ1v) is 7.35. The Hall–Kier alpha value is -2.70. The lowest BCUT2D eigenvalue weighted by Gasteiger charge is -2.18. The number of carbonyl (C=O) groups excluding carboxylic acids is 2. The molecule has 0 aliphatic rings. The Morgan fingerprint density at radius 1 is 1.26 bits per heavy atom. The second kappa shape index (κ2) is 7.53. The van der Waals surface area contributed by atoms with Gasteiger partial charge in [0.1, 0.15) is 18.7 Å². The summed E-state index contributed by atoms with van der Waals surface area (Å²) in [5.41, 5.74) is 1.26. The van der Waals surface area contributed by atoms with E-state index in [0.717, 1.165) is 5.69 Å². The highest BCUT2D eigenvalue weighted by Gasteiger charge is 2.23. The highest BCUT2D eigenvalue weighted by molar-refractivity contribution is 5.96. The summed E-state index contributed by atoms with van der Waals surface area (Å²) in [4.78, 5) is 27.9. The van der Waals surface area contributed by atoms with Gasteiger partial charge in [0.2, 0.25) is 0 Å². The van der Waals surface area contributed by atoms with Gasteiger partial charge in [-0.1, -0.05) is 13.8 Å². The molecule has 1 aromatic carbocycles. The summed E-state index contributed by atoms with van der Waals surface area (Å²) in [5.74, 6) is -0.494. The molecule has 2 aromatic rings. The van der Waals surface area contributed by atoms with Crippen LogP contribution >= 0.6 is 0 Å². The molecule has 2 rings (SSSR count). The first-order chi connectivity index (χ1) is 11.0. The third-order valence-electron chi connectivity index (χ3n) is 3.31. The van der Waals surface area contributed by atoms with Crippen molar-refractivity contribution in [3.05, 3.63) is 42.5 Å². The summed E-state index contributed by atoms with van der Waals surface area (Å²) >= 11 is 0. The Balaban J connectivity index is 2.08. The molecular weight excluding hydrogens is 296 g/mol. The van der Waals surface area contributed by atoms with E-state index in [1.54, 1.807) is 35.3 Å². The van der Waals surface area contributed by atoms with Crippen LogP contribution in [0, 0.1) is 5.92 Å². The van der Waals surface area contributed by atoms with Crippen molar-refractivity contribution in [1.82, 2.24) is 20.1 Å². The molecule has 0 bridgehead atoms. The fraction of sp³-hybridized carbons (Fsp3) is 0.375. The monoisotopic (exact) mass is 316 g/mol. The largest absolute Gasteiger partial charge is 0.467 e. The Bertz CT molecular complexity index is 650. The van der Waals surface area contributed by atoms with E-state index in [1.807, 2.05) is 13.8 Å². The normalized spacial score (nSPS) is 12.0. The van der Waals surface area contributed by atoms with Crippen molar-refractivity contribution in [1.29, 1.82) is 0 Å². The minimum absolute atomic E-state index is 0.258. The second-order valence-electron chi connectivity index (χ2n) is 5.57. The molecule has 1 atom stereocenters. The lowest BCUT2D eigenvalue weighted by atomic mass is 10.0. The maximum atomic E-state index is 12.3. The van der Waals surface area contributed by atoms with E-state index in [2.05, 4.69) is 15.4 Å². The van der Waals surface area contributed by atoms with Gasteiger partial charge >= 0.3 is 5.97 Å². The predicted molar refractivity (Wildman–Crippen MR) is 84.1 cm³/mol. The van der Waals surface area contributed by atoms with E-state index in [1.165, 1.54) is 13.4 Å². The molecule has 0 saturated heterocycles. The zero-order valence-corrected chi connectivity index (χ0v) is 13.4. The van der Waals surface area contributed by atoms with Crippen LogP contribution in [-0.2, 0) is 9.53 Å². The molecule has 0 fully saturated rings. The van der Waals surface area contributed by atoms with Crippen LogP contribution in [0.5, 0.6) is 0 Å². The molecule has 1 amide bonds. The molecule has 1 unspecified atom stereocenters. The summed E-state index contributed by atoms with van der Waals surface area (Å²) in [5, 5.41) is 6.74. The van der Waals surface area contributed by atoms with E-state index in [4.69, 9.17) is 4.74 Å². The fourth-order valence-electron chi connectivity index (χ4n) is 2.18. The highest BCUT2D eigenvalue weighted by Crippen LogP contribution is 2.10. The standard InChI is InChI=1S/C16H20N4O3/c1-11(2)8-14(16(22)23-3)19-15(21)12-4-6-13(7-5-12)20-10-17-9-18-20/h4-7,9-11,14H,8H2,1-3H3,(H,19,21). The van der Waals surface area contributed by atoms with Gasteiger partial charge in [-0.2, -0.15) is 5.10 Å². The zero-order valence-electron chi connectivity index (χ0n) is 13.4. The molecule has 1 heterocycles. The lowest BCUT2D eigenvalue weighted by molar-refractivity contribution is -0.143. The maximum Gasteiger partial charge on any atom is 0.328 e. The van der Waals surface area contributed by atoms with E-state index in [9.17, 15) is 9.59 Å². The molecule has 7 nitrogen and oxygen atoms in total. The maximum absolute atomic E-state index is 12.3. The Morgan fingerprint density at radius 2 is 1.96 bits per heavy atom. The van der Waals surface area contributed by atoms with Crippen LogP contribution in [0.2, 0.25) is 0 Å². The van der Waals surface area contributed by atoms with Crippen LogP contribution in [0.15, 0.2) is 36.9 Å². The van der Waals surface area contributed by atoms with Gasteiger partial charge in [0.05, 0.1) is 12.8 Å². The average molecular weight is 316 g/mol. The first-order valence-electron chi connectivity index (χ1n) is 7.35. The van der Waals surface area contributed by atoms with Crippen LogP contribution in [0.1, 0.15) is 30.6 Å². The van der Waals surface area contributed by atoms with Gasteiger partial charge in [-0.25, -0.2) is 14.5 Å². The number of ether oxygens (including phenoxy) is 1. The number of nitrogens with one attached hydrogen (secondary N) is 1. The summed E-state index contributed by atoms with van der Waals surface area (Å²) < 4.78 is 6.34. The van der Waals surface area contributed by atoms with Crippen molar-refractivity contribution in [2.45, 2.75) is 26.3 Å². The van der Waals surface area contributed by atoms with Crippen LogP contribution in [0.4, 0.5) is 0 Å². The van der Waals surface area contributed by atoms with Gasteiger partial charge in [-0.05, 0) is 36.6 Å². The van der Waals surface area contributed by atoms with Crippen LogP contribution in [0.3, 0.4) is 0 Å². The quantitative estimate of drug-likeness (QED) is 0.818. The number of esters is 1. The molecule has 0 saturated carbocycles. The molecular formula is C16H20N4O3. The number of methoxy groups -OCH3 is 1. The molecule has 7 heteroatoms. The van der Waals surface area contributed by atoms with Gasteiger partial charge in [0.15, 0.2) is 0 Å². The van der Waals surface area contributed by atoms with Gasteiger partial charge in [0.25, 0.3) is 5.91 Å². The van der Waals surface area contributed by atoms with E-state index >= 15 is 0 Å². The van der Waals surface area contributed by atoms with E-state index < -0.39 is 12.0 Å². The van der Waals surface area contributed by atoms with E-state index in [-0.39, 0.29) is 11.8 Å².